The smallest absolute Gasteiger partial charge is 0.302 e. The third kappa shape index (κ3) is 51.4. The molecule has 0 fully saturated rings. The molecule has 0 bridgehead atoms. The maximum atomic E-state index is 8.46. The van der Waals surface area contributed by atoms with Gasteiger partial charge in [0.15, 0.2) is 12.8 Å². The molecule has 0 aliphatic rings. The van der Waals surface area contributed by atoms with Gasteiger partial charge in [-0.3, -0.25) is 19.2 Å². The fourth-order valence-corrected chi connectivity index (χ4v) is 0.740. The Bertz CT molecular complexity index is 199. The summed E-state index contributed by atoms with van der Waals surface area (Å²) in [5.41, 5.74) is 0. The molecule has 0 aromatic carbocycles. The van der Waals surface area contributed by atoms with Gasteiger partial charge in [-0.15, -0.1) is 0 Å². The van der Waals surface area contributed by atoms with Crippen LogP contribution < -0.4 is 0 Å². The second-order valence-electron chi connectivity index (χ2n) is 3.29. The molecule has 0 atom stereocenters. The predicted octanol–water partition coefficient (Wildman–Crippen LogP) is 0.656. The maximum Gasteiger partial charge on any atom is 0.302 e. The van der Waals surface area contributed by atoms with Crippen LogP contribution in [0.5, 0.6) is 0 Å². The van der Waals surface area contributed by atoms with Crippen molar-refractivity contribution in [3.05, 3.63) is 0 Å². The Labute approximate surface area is 111 Å². The van der Waals surface area contributed by atoms with Crippen molar-refractivity contribution in [3.8, 4) is 0 Å². The molecule has 0 aliphatic heterocycles. The number of hydrogen-bond donors (Lipinski definition) is 0. The summed E-state index contributed by atoms with van der Waals surface area (Å²) >= 11 is 0. The second-order valence-corrected chi connectivity index (χ2v) is 3.29. The Morgan fingerprint density at radius 2 is 0.706 bits per heavy atom. The Morgan fingerprint density at radius 1 is 0.588 bits per heavy atom. The summed E-state index contributed by atoms with van der Waals surface area (Å²) in [5, 5.41) is 0. The minimum Gasteiger partial charge on any atom is -0.870 e. The van der Waals surface area contributed by atoms with E-state index >= 15 is 0 Å². The van der Waals surface area contributed by atoms with Crippen LogP contribution in [0.25, 0.3) is 0 Å². The summed E-state index contributed by atoms with van der Waals surface area (Å²) < 4.78 is 0. The van der Waals surface area contributed by atoms with E-state index in [4.69, 9.17) is 19.2 Å². The summed E-state index contributed by atoms with van der Waals surface area (Å²) in [5.74, 6) is 1.00. The summed E-state index contributed by atoms with van der Waals surface area (Å²) in [6.07, 6.45) is 0.611. The molecule has 6 nitrogen and oxygen atoms in total. The molecule has 105 valence electrons. The number of rotatable bonds is 4. The molecule has 0 aromatic heterocycles. The van der Waals surface area contributed by atoms with Crippen LogP contribution in [0.1, 0.15) is 40.5 Å². The molecule has 0 amide bonds. The molecule has 17 heavy (non-hydrogen) atoms. The van der Waals surface area contributed by atoms with E-state index in [2.05, 4.69) is 0 Å². The van der Waals surface area contributed by atoms with Crippen LogP contribution in [0, 0.1) is 0 Å². The molecule has 6 N–H and O–H groups in total. The van der Waals surface area contributed by atoms with E-state index in [1.165, 1.54) is 0 Å². The topological polar surface area (TPSA) is 146 Å². The maximum absolute atomic E-state index is 8.46. The van der Waals surface area contributed by atoms with E-state index in [1.807, 2.05) is 0 Å². The SMILES string of the molecule is CC(=[OH+])CC(C)=[OH+].CC(=[OH+])CC(C)=[OH+].[Co].[OH-].[OH-]. The standard InChI is InChI=1S/2C5H8O2.Co.2H2O/c2*1-4(6)3-5(2)7;;;/h2*3H2,1-2H3;;2*1H2/p+2. The number of ketones is 4. The molecular formula is C10H22CoO6+2. The summed E-state index contributed by atoms with van der Waals surface area (Å²) in [6, 6.07) is 0. The van der Waals surface area contributed by atoms with Gasteiger partial charge in [0.25, 0.3) is 0 Å². The molecule has 0 aromatic rings. The van der Waals surface area contributed by atoms with Gasteiger partial charge in [0, 0.05) is 44.5 Å². The van der Waals surface area contributed by atoms with Crippen LogP contribution in [0.15, 0.2) is 0 Å². The molecule has 0 spiro atoms. The van der Waals surface area contributed by atoms with Gasteiger partial charge in [-0.05, 0) is 0 Å². The first-order chi connectivity index (χ1) is 6.25. The number of hydrogen-bond acceptors (Lipinski definition) is 2. The van der Waals surface area contributed by atoms with Crippen molar-refractivity contribution in [1.29, 1.82) is 0 Å². The van der Waals surface area contributed by atoms with E-state index in [9.17, 15) is 0 Å². The quantitative estimate of drug-likeness (QED) is 0.554. The van der Waals surface area contributed by atoms with Crippen LogP contribution >= 0.6 is 0 Å². The van der Waals surface area contributed by atoms with Crippen LogP contribution in [-0.2, 0) is 16.8 Å². The normalized spacial score (nSPS) is 6.82. The summed E-state index contributed by atoms with van der Waals surface area (Å²) in [4.78, 5) is 33.8. The Balaban J connectivity index is -0.0000000480. The molecule has 0 heterocycles. The van der Waals surface area contributed by atoms with Crippen molar-refractivity contribution in [2.75, 3.05) is 0 Å². The molecule has 0 rings (SSSR count). The zero-order valence-electron chi connectivity index (χ0n) is 10.4. The van der Waals surface area contributed by atoms with Gasteiger partial charge in [-0.1, -0.05) is 0 Å². The number of carbonyl (C=O) groups excluding carboxylic acids is 4. The zero-order chi connectivity index (χ0) is 11.7. The summed E-state index contributed by atoms with van der Waals surface area (Å²) in [7, 11) is 0. The van der Waals surface area contributed by atoms with E-state index in [-0.39, 0.29) is 50.9 Å². The summed E-state index contributed by atoms with van der Waals surface area (Å²) in [6.45, 7) is 6.22. The van der Waals surface area contributed by atoms with Crippen LogP contribution in [0.4, 0.5) is 0 Å². The van der Waals surface area contributed by atoms with Crippen molar-refractivity contribution in [3.63, 3.8) is 0 Å². The van der Waals surface area contributed by atoms with Crippen LogP contribution in [-0.4, -0.2) is 53.3 Å². The molecule has 0 saturated carbocycles. The van der Waals surface area contributed by atoms with Gasteiger partial charge in [0.1, 0.15) is 0 Å². The van der Waals surface area contributed by atoms with Gasteiger partial charge in [0.2, 0.25) is 0 Å². The minimum absolute atomic E-state index is 0. The predicted molar refractivity (Wildman–Crippen MR) is 63.6 cm³/mol. The van der Waals surface area contributed by atoms with E-state index in [0.717, 1.165) is 0 Å². The van der Waals surface area contributed by atoms with E-state index in [1.54, 1.807) is 27.7 Å². The molecule has 1 radical (unpaired) electrons. The average molecular weight is 297 g/mol. The third-order valence-electron chi connectivity index (χ3n) is 1.02. The molecule has 7 heteroatoms. The Kier molecular flexibility index (Phi) is 30.7. The van der Waals surface area contributed by atoms with Crippen molar-refractivity contribution in [2.45, 2.75) is 40.5 Å². The van der Waals surface area contributed by atoms with Gasteiger partial charge in [-0.25, -0.2) is 0 Å². The van der Waals surface area contributed by atoms with Crippen LogP contribution in [0.2, 0.25) is 0 Å². The molecule has 0 aliphatic carbocycles. The van der Waals surface area contributed by atoms with Gasteiger partial charge < -0.3 is 11.0 Å². The van der Waals surface area contributed by atoms with E-state index < -0.39 is 0 Å². The third-order valence-corrected chi connectivity index (χ3v) is 1.02. The molecule has 0 unspecified atom stereocenters. The zero-order valence-corrected chi connectivity index (χ0v) is 11.5. The Hall–Kier alpha value is -0.894. The largest absolute Gasteiger partial charge is 0.870 e. The Morgan fingerprint density at radius 3 is 0.706 bits per heavy atom. The fraction of sp³-hybridized carbons (Fsp3) is 0.600. The van der Waals surface area contributed by atoms with Gasteiger partial charge in [-0.2, -0.15) is 0 Å². The average Bonchev–Trinajstić information content (AvgIpc) is 1.79. The molecular weight excluding hydrogens is 275 g/mol. The van der Waals surface area contributed by atoms with Gasteiger partial charge in [0.05, 0.1) is 0 Å². The van der Waals surface area contributed by atoms with Gasteiger partial charge >= 0.3 is 23.1 Å². The van der Waals surface area contributed by atoms with Crippen molar-refractivity contribution < 1.29 is 46.9 Å². The second kappa shape index (κ2) is 17.5. The van der Waals surface area contributed by atoms with E-state index in [0.29, 0.717) is 12.8 Å². The first kappa shape index (κ1) is 29.8. The minimum atomic E-state index is 0. The monoisotopic (exact) mass is 297 g/mol. The van der Waals surface area contributed by atoms with Crippen molar-refractivity contribution in [2.24, 2.45) is 0 Å². The first-order valence-electron chi connectivity index (χ1n) is 4.31. The molecule has 0 saturated heterocycles. The first-order valence-corrected chi connectivity index (χ1v) is 4.31. The van der Waals surface area contributed by atoms with Crippen molar-refractivity contribution >= 4 is 23.1 Å². The van der Waals surface area contributed by atoms with Crippen LogP contribution in [0.3, 0.4) is 0 Å². The van der Waals surface area contributed by atoms with Crippen molar-refractivity contribution in [1.82, 2.24) is 0 Å². The fourth-order valence-electron chi connectivity index (χ4n) is 0.740.